The molecule has 7 nitrogen and oxygen atoms in total. The predicted octanol–water partition coefficient (Wildman–Crippen LogP) is 3.25. The summed E-state index contributed by atoms with van der Waals surface area (Å²) in [5.74, 6) is 0.804. The van der Waals surface area contributed by atoms with Gasteiger partial charge in [-0.25, -0.2) is 0 Å². The van der Waals surface area contributed by atoms with E-state index in [0.717, 1.165) is 77.6 Å². The Balaban J connectivity index is 0.00000341. The van der Waals surface area contributed by atoms with Crippen molar-refractivity contribution in [3.8, 4) is 0 Å². The summed E-state index contributed by atoms with van der Waals surface area (Å²) in [6.07, 6.45) is 5.81. The second-order valence-corrected chi connectivity index (χ2v) is 7.86. The molecule has 0 saturated carbocycles. The first-order chi connectivity index (χ1) is 14.8. The molecular weight excluding hydrogens is 509 g/mol. The molecule has 8 heteroatoms. The zero-order valence-electron chi connectivity index (χ0n) is 18.6. The second kappa shape index (κ2) is 15.8. The molecule has 1 aromatic rings. The van der Waals surface area contributed by atoms with Gasteiger partial charge in [-0.05, 0) is 43.2 Å². The average molecular weight is 547 g/mol. The van der Waals surface area contributed by atoms with Gasteiger partial charge in [0, 0.05) is 46.6 Å². The number of hydrogen-bond donors (Lipinski definition) is 2. The van der Waals surface area contributed by atoms with Crippen LogP contribution in [-0.2, 0) is 32.1 Å². The molecule has 0 aliphatic carbocycles. The highest BCUT2D eigenvalue weighted by Crippen LogP contribution is 2.14. The van der Waals surface area contributed by atoms with Crippen LogP contribution in [0.3, 0.4) is 0 Å². The van der Waals surface area contributed by atoms with Crippen molar-refractivity contribution in [1.29, 1.82) is 0 Å². The third-order valence-corrected chi connectivity index (χ3v) is 5.41. The molecular formula is C23H38IN3O4. The van der Waals surface area contributed by atoms with E-state index in [1.807, 2.05) is 0 Å². The van der Waals surface area contributed by atoms with Crippen molar-refractivity contribution in [2.45, 2.75) is 57.5 Å². The monoisotopic (exact) mass is 547 g/mol. The van der Waals surface area contributed by atoms with Gasteiger partial charge in [-0.3, -0.25) is 4.99 Å². The van der Waals surface area contributed by atoms with Crippen molar-refractivity contribution >= 4 is 29.9 Å². The molecule has 2 heterocycles. The van der Waals surface area contributed by atoms with Crippen molar-refractivity contribution in [1.82, 2.24) is 10.6 Å². The number of guanidine groups is 1. The Bertz CT molecular complexity index is 635. The van der Waals surface area contributed by atoms with Crippen LogP contribution in [-0.4, -0.2) is 64.8 Å². The van der Waals surface area contributed by atoms with Gasteiger partial charge in [0.2, 0.25) is 0 Å². The fraction of sp³-hybridized carbons (Fsp3) is 0.696. The Kier molecular flexibility index (Phi) is 13.4. The lowest BCUT2D eigenvalue weighted by molar-refractivity contribution is -0.0390. The molecule has 0 aromatic heterocycles. The summed E-state index contributed by atoms with van der Waals surface area (Å²) in [4.78, 5) is 4.30. The quantitative estimate of drug-likeness (QED) is 0.192. The molecule has 176 valence electrons. The highest BCUT2D eigenvalue weighted by atomic mass is 127. The van der Waals surface area contributed by atoms with Crippen LogP contribution in [0.1, 0.15) is 43.2 Å². The average Bonchev–Trinajstić information content (AvgIpc) is 3.31. The van der Waals surface area contributed by atoms with Gasteiger partial charge in [0.25, 0.3) is 0 Å². The molecule has 0 spiro atoms. The Morgan fingerprint density at radius 2 is 1.97 bits per heavy atom. The maximum absolute atomic E-state index is 6.03. The van der Waals surface area contributed by atoms with E-state index in [0.29, 0.717) is 25.4 Å². The van der Waals surface area contributed by atoms with Crippen LogP contribution in [0.4, 0.5) is 0 Å². The maximum atomic E-state index is 6.03. The van der Waals surface area contributed by atoms with Crippen LogP contribution in [0.5, 0.6) is 0 Å². The van der Waals surface area contributed by atoms with Crippen molar-refractivity contribution in [2.75, 3.05) is 46.6 Å². The molecule has 1 atom stereocenters. The van der Waals surface area contributed by atoms with Gasteiger partial charge in [-0.15, -0.1) is 24.0 Å². The van der Waals surface area contributed by atoms with E-state index in [-0.39, 0.29) is 24.0 Å². The van der Waals surface area contributed by atoms with Crippen molar-refractivity contribution in [2.24, 2.45) is 4.99 Å². The Morgan fingerprint density at radius 3 is 2.74 bits per heavy atom. The Labute approximate surface area is 203 Å². The van der Waals surface area contributed by atoms with Crippen LogP contribution in [0, 0.1) is 0 Å². The molecule has 2 aliphatic rings. The first-order valence-corrected chi connectivity index (χ1v) is 11.2. The van der Waals surface area contributed by atoms with Crippen molar-refractivity contribution in [3.05, 3.63) is 35.4 Å². The number of nitrogens with zero attached hydrogens (tertiary/aromatic N) is 1. The SMILES string of the molecule is CN=C(NCCCOCC1CCCO1)NCc1cccc(COC2CCOCC2)c1.I. The second-order valence-electron chi connectivity index (χ2n) is 7.86. The Morgan fingerprint density at radius 1 is 1.13 bits per heavy atom. The summed E-state index contributed by atoms with van der Waals surface area (Å²) in [5, 5.41) is 6.72. The third-order valence-electron chi connectivity index (χ3n) is 5.41. The lowest BCUT2D eigenvalue weighted by Gasteiger charge is -2.22. The largest absolute Gasteiger partial charge is 0.381 e. The van der Waals surface area contributed by atoms with Gasteiger partial charge in [0.05, 0.1) is 25.4 Å². The van der Waals surface area contributed by atoms with E-state index >= 15 is 0 Å². The van der Waals surface area contributed by atoms with E-state index in [1.54, 1.807) is 7.05 Å². The lowest BCUT2D eigenvalue weighted by atomic mass is 10.1. The molecule has 2 aliphatic heterocycles. The van der Waals surface area contributed by atoms with E-state index in [2.05, 4.69) is 39.9 Å². The lowest BCUT2D eigenvalue weighted by Crippen LogP contribution is -2.37. The summed E-state index contributed by atoms with van der Waals surface area (Å²) in [6, 6.07) is 8.52. The molecule has 3 rings (SSSR count). The minimum absolute atomic E-state index is 0. The van der Waals surface area contributed by atoms with Gasteiger partial charge < -0.3 is 29.6 Å². The van der Waals surface area contributed by atoms with Crippen molar-refractivity contribution in [3.63, 3.8) is 0 Å². The molecule has 2 saturated heterocycles. The molecule has 0 bridgehead atoms. The first-order valence-electron chi connectivity index (χ1n) is 11.2. The molecule has 31 heavy (non-hydrogen) atoms. The topological polar surface area (TPSA) is 73.3 Å². The zero-order chi connectivity index (χ0) is 20.9. The molecule has 1 unspecified atom stereocenters. The molecule has 0 amide bonds. The van der Waals surface area contributed by atoms with Crippen LogP contribution in [0.15, 0.2) is 29.3 Å². The summed E-state index contributed by atoms with van der Waals surface area (Å²) >= 11 is 0. The van der Waals surface area contributed by atoms with Gasteiger partial charge in [0.1, 0.15) is 0 Å². The summed E-state index contributed by atoms with van der Waals surface area (Å²) in [5.41, 5.74) is 2.41. The van der Waals surface area contributed by atoms with E-state index in [9.17, 15) is 0 Å². The number of rotatable bonds is 11. The zero-order valence-corrected chi connectivity index (χ0v) is 21.0. The third kappa shape index (κ3) is 10.5. The molecule has 0 radical (unpaired) electrons. The van der Waals surface area contributed by atoms with E-state index in [4.69, 9.17) is 18.9 Å². The van der Waals surface area contributed by atoms with Crippen molar-refractivity contribution < 1.29 is 18.9 Å². The molecule has 2 N–H and O–H groups in total. The summed E-state index contributed by atoms with van der Waals surface area (Å²) < 4.78 is 22.7. The number of halogens is 1. The Hall–Kier alpha value is -0.940. The minimum atomic E-state index is 0. The van der Waals surface area contributed by atoms with Crippen LogP contribution in [0.2, 0.25) is 0 Å². The van der Waals surface area contributed by atoms with Crippen LogP contribution < -0.4 is 10.6 Å². The predicted molar refractivity (Wildman–Crippen MR) is 133 cm³/mol. The number of nitrogens with one attached hydrogen (secondary N) is 2. The first kappa shape index (κ1) is 26.3. The molecule has 2 fully saturated rings. The minimum Gasteiger partial charge on any atom is -0.381 e. The highest BCUT2D eigenvalue weighted by molar-refractivity contribution is 14.0. The van der Waals surface area contributed by atoms with Gasteiger partial charge in [0.15, 0.2) is 5.96 Å². The summed E-state index contributed by atoms with van der Waals surface area (Å²) in [7, 11) is 1.79. The van der Waals surface area contributed by atoms with Crippen LogP contribution in [0.25, 0.3) is 0 Å². The highest BCUT2D eigenvalue weighted by Gasteiger charge is 2.15. The van der Waals surface area contributed by atoms with Gasteiger partial charge in [-0.1, -0.05) is 24.3 Å². The summed E-state index contributed by atoms with van der Waals surface area (Å²) in [6.45, 7) is 6.13. The smallest absolute Gasteiger partial charge is 0.191 e. The number of hydrogen-bond acceptors (Lipinski definition) is 5. The number of benzene rings is 1. The number of ether oxygens (including phenoxy) is 4. The fourth-order valence-corrected chi connectivity index (χ4v) is 3.66. The molecule has 1 aromatic carbocycles. The number of aliphatic imine (C=N–C) groups is 1. The standard InChI is InChI=1S/C23H37N3O4.HI/c1-24-23(25-10-4-11-28-18-22-7-3-12-29-22)26-16-19-5-2-6-20(15-19)17-30-21-8-13-27-14-9-21;/h2,5-6,15,21-22H,3-4,7-14,16-18H2,1H3,(H2,24,25,26);1H. The van der Waals surface area contributed by atoms with Gasteiger partial charge in [-0.2, -0.15) is 0 Å². The van der Waals surface area contributed by atoms with Crippen LogP contribution >= 0.6 is 24.0 Å². The van der Waals surface area contributed by atoms with E-state index in [1.165, 1.54) is 11.1 Å². The van der Waals surface area contributed by atoms with Gasteiger partial charge >= 0.3 is 0 Å². The fourth-order valence-electron chi connectivity index (χ4n) is 3.66. The normalized spacial score (nSPS) is 19.8. The van der Waals surface area contributed by atoms with E-state index < -0.39 is 0 Å². The maximum Gasteiger partial charge on any atom is 0.191 e.